The van der Waals surface area contributed by atoms with Crippen LogP contribution in [0.25, 0.3) is 22.6 Å². The van der Waals surface area contributed by atoms with Gasteiger partial charge in [0.1, 0.15) is 17.2 Å². The van der Waals surface area contributed by atoms with Crippen molar-refractivity contribution in [1.82, 2.24) is 25.4 Å². The van der Waals surface area contributed by atoms with Crippen molar-refractivity contribution in [1.29, 1.82) is 0 Å². The highest BCUT2D eigenvalue weighted by molar-refractivity contribution is 6.28. The van der Waals surface area contributed by atoms with E-state index in [4.69, 9.17) is 11.6 Å². The standard InChI is InChI=1S/C12H7ClFN5/c13-12-15-6-5-9(16-12)11-10(17-19-18-11)7-1-3-8(14)4-2-7/h1-6H,(H,17,18,19). The number of nitrogens with zero attached hydrogens (tertiary/aromatic N) is 4. The van der Waals surface area contributed by atoms with E-state index in [9.17, 15) is 4.39 Å². The fourth-order valence-electron chi connectivity index (χ4n) is 1.69. The quantitative estimate of drug-likeness (QED) is 0.730. The summed E-state index contributed by atoms with van der Waals surface area (Å²) in [7, 11) is 0. The van der Waals surface area contributed by atoms with Crippen molar-refractivity contribution < 1.29 is 4.39 Å². The Labute approximate surface area is 112 Å². The fourth-order valence-corrected chi connectivity index (χ4v) is 1.83. The van der Waals surface area contributed by atoms with Crippen LogP contribution in [0, 0.1) is 5.82 Å². The van der Waals surface area contributed by atoms with E-state index >= 15 is 0 Å². The van der Waals surface area contributed by atoms with Gasteiger partial charge < -0.3 is 0 Å². The molecule has 1 aromatic carbocycles. The first-order valence-electron chi connectivity index (χ1n) is 5.39. The van der Waals surface area contributed by atoms with Crippen LogP contribution < -0.4 is 0 Å². The minimum absolute atomic E-state index is 0.130. The molecule has 1 N–H and O–H groups in total. The number of hydrogen-bond acceptors (Lipinski definition) is 4. The van der Waals surface area contributed by atoms with Gasteiger partial charge in [-0.05, 0) is 41.9 Å². The van der Waals surface area contributed by atoms with E-state index in [-0.39, 0.29) is 11.1 Å². The van der Waals surface area contributed by atoms with Gasteiger partial charge in [0, 0.05) is 11.8 Å². The molecule has 5 nitrogen and oxygen atoms in total. The zero-order valence-electron chi connectivity index (χ0n) is 9.51. The lowest BCUT2D eigenvalue weighted by Gasteiger charge is -2.00. The van der Waals surface area contributed by atoms with Crippen molar-refractivity contribution in [3.63, 3.8) is 0 Å². The molecule has 0 amide bonds. The van der Waals surface area contributed by atoms with Crippen LogP contribution in [-0.2, 0) is 0 Å². The van der Waals surface area contributed by atoms with Gasteiger partial charge in [-0.1, -0.05) is 0 Å². The number of nitrogens with one attached hydrogen (secondary N) is 1. The molecule has 0 radical (unpaired) electrons. The second kappa shape index (κ2) is 4.74. The third-order valence-corrected chi connectivity index (χ3v) is 2.72. The van der Waals surface area contributed by atoms with E-state index in [0.717, 1.165) is 5.56 Å². The predicted octanol–water partition coefficient (Wildman–Crippen LogP) is 2.72. The van der Waals surface area contributed by atoms with Gasteiger partial charge in [0.2, 0.25) is 5.28 Å². The Balaban J connectivity index is 2.10. The summed E-state index contributed by atoms with van der Waals surface area (Å²) in [6.07, 6.45) is 1.54. The minimum Gasteiger partial charge on any atom is -0.226 e. The van der Waals surface area contributed by atoms with Crippen LogP contribution >= 0.6 is 11.6 Å². The van der Waals surface area contributed by atoms with Gasteiger partial charge in [-0.3, -0.25) is 0 Å². The van der Waals surface area contributed by atoms with Crippen LogP contribution in [0.1, 0.15) is 0 Å². The van der Waals surface area contributed by atoms with Crippen LogP contribution in [0.3, 0.4) is 0 Å². The Morgan fingerprint density at radius 2 is 1.74 bits per heavy atom. The maximum atomic E-state index is 12.9. The van der Waals surface area contributed by atoms with Gasteiger partial charge in [-0.15, -0.1) is 0 Å². The zero-order chi connectivity index (χ0) is 13.2. The van der Waals surface area contributed by atoms with E-state index in [1.165, 1.54) is 18.3 Å². The van der Waals surface area contributed by atoms with E-state index in [1.54, 1.807) is 18.2 Å². The molecule has 0 unspecified atom stereocenters. The zero-order valence-corrected chi connectivity index (χ0v) is 10.3. The number of rotatable bonds is 2. The van der Waals surface area contributed by atoms with Crippen LogP contribution in [0.5, 0.6) is 0 Å². The molecule has 0 spiro atoms. The Bertz CT molecular complexity index is 710. The number of hydrogen-bond donors (Lipinski definition) is 1. The SMILES string of the molecule is Fc1ccc(-c2n[nH]nc2-c2ccnc(Cl)n2)cc1. The summed E-state index contributed by atoms with van der Waals surface area (Å²) in [4.78, 5) is 7.89. The molecule has 2 heterocycles. The Kier molecular flexibility index (Phi) is 2.92. The number of benzene rings is 1. The van der Waals surface area contributed by atoms with Gasteiger partial charge in [0.15, 0.2) is 0 Å². The maximum absolute atomic E-state index is 12.9. The molecule has 7 heteroatoms. The molecule has 94 valence electrons. The van der Waals surface area contributed by atoms with Crippen molar-refractivity contribution in [2.75, 3.05) is 0 Å². The first-order chi connectivity index (χ1) is 9.24. The predicted molar refractivity (Wildman–Crippen MR) is 67.8 cm³/mol. The smallest absolute Gasteiger partial charge is 0.222 e. The largest absolute Gasteiger partial charge is 0.226 e. The van der Waals surface area contributed by atoms with Gasteiger partial charge in [0.05, 0.1) is 5.69 Å². The summed E-state index contributed by atoms with van der Waals surface area (Å²) in [5.41, 5.74) is 2.40. The van der Waals surface area contributed by atoms with Gasteiger partial charge in [-0.2, -0.15) is 15.4 Å². The molecule has 0 saturated carbocycles. The molecule has 3 rings (SSSR count). The highest BCUT2D eigenvalue weighted by atomic mass is 35.5. The van der Waals surface area contributed by atoms with Gasteiger partial charge in [0.25, 0.3) is 0 Å². The Morgan fingerprint density at radius 3 is 2.47 bits per heavy atom. The molecule has 19 heavy (non-hydrogen) atoms. The van der Waals surface area contributed by atoms with Crippen LogP contribution in [0.2, 0.25) is 5.28 Å². The number of aromatic amines is 1. The highest BCUT2D eigenvalue weighted by Gasteiger charge is 2.14. The van der Waals surface area contributed by atoms with E-state index in [1.807, 2.05) is 0 Å². The molecule has 0 aliphatic rings. The lowest BCUT2D eigenvalue weighted by Crippen LogP contribution is -1.89. The summed E-state index contributed by atoms with van der Waals surface area (Å²) in [5.74, 6) is -0.307. The normalized spacial score (nSPS) is 10.6. The van der Waals surface area contributed by atoms with E-state index < -0.39 is 0 Å². The second-order valence-electron chi connectivity index (χ2n) is 3.74. The maximum Gasteiger partial charge on any atom is 0.222 e. The molecular formula is C12H7ClFN5. The average molecular weight is 276 g/mol. The Morgan fingerprint density at radius 1 is 1.00 bits per heavy atom. The van der Waals surface area contributed by atoms with Crippen LogP contribution in [0.4, 0.5) is 4.39 Å². The molecule has 0 fully saturated rings. The average Bonchev–Trinajstić information content (AvgIpc) is 2.89. The topological polar surface area (TPSA) is 67.3 Å². The lowest BCUT2D eigenvalue weighted by molar-refractivity contribution is 0.628. The monoisotopic (exact) mass is 275 g/mol. The van der Waals surface area contributed by atoms with Gasteiger partial charge >= 0.3 is 0 Å². The Hall–Kier alpha value is -2.34. The first kappa shape index (κ1) is 11.7. The van der Waals surface area contributed by atoms with Crippen molar-refractivity contribution in [2.45, 2.75) is 0 Å². The number of aromatic nitrogens is 5. The van der Waals surface area contributed by atoms with Crippen molar-refractivity contribution in [3.8, 4) is 22.6 Å². The summed E-state index contributed by atoms with van der Waals surface area (Å²) in [6.45, 7) is 0. The summed E-state index contributed by atoms with van der Waals surface area (Å²) < 4.78 is 12.9. The number of halogens is 2. The summed E-state index contributed by atoms with van der Waals surface area (Å²) in [5, 5.41) is 10.8. The third kappa shape index (κ3) is 2.30. The van der Waals surface area contributed by atoms with Gasteiger partial charge in [-0.25, -0.2) is 14.4 Å². The highest BCUT2D eigenvalue weighted by Crippen LogP contribution is 2.27. The molecule has 0 aliphatic carbocycles. The molecule has 3 aromatic rings. The van der Waals surface area contributed by atoms with Crippen molar-refractivity contribution >= 4 is 11.6 Å². The molecule has 0 saturated heterocycles. The molecule has 0 bridgehead atoms. The van der Waals surface area contributed by atoms with Crippen molar-refractivity contribution in [2.24, 2.45) is 0 Å². The lowest BCUT2D eigenvalue weighted by atomic mass is 10.1. The van der Waals surface area contributed by atoms with Crippen LogP contribution in [0.15, 0.2) is 36.5 Å². The van der Waals surface area contributed by atoms with Crippen molar-refractivity contribution in [3.05, 3.63) is 47.6 Å². The summed E-state index contributed by atoms with van der Waals surface area (Å²) >= 11 is 5.75. The third-order valence-electron chi connectivity index (χ3n) is 2.53. The number of H-pyrrole nitrogens is 1. The first-order valence-corrected chi connectivity index (χ1v) is 5.77. The second-order valence-corrected chi connectivity index (χ2v) is 4.08. The molecule has 2 aromatic heterocycles. The van der Waals surface area contributed by atoms with Crippen LogP contribution in [-0.4, -0.2) is 25.4 Å². The molecule has 0 atom stereocenters. The minimum atomic E-state index is -0.307. The van der Waals surface area contributed by atoms with E-state index in [0.29, 0.717) is 17.1 Å². The molecule has 0 aliphatic heterocycles. The summed E-state index contributed by atoms with van der Waals surface area (Å²) in [6, 6.07) is 7.65. The molecular weight excluding hydrogens is 269 g/mol. The fraction of sp³-hybridized carbons (Fsp3) is 0. The van der Waals surface area contributed by atoms with E-state index in [2.05, 4.69) is 25.4 Å².